The van der Waals surface area contributed by atoms with Gasteiger partial charge in [-0.2, -0.15) is 0 Å². The second-order valence-corrected chi connectivity index (χ2v) is 5.77. The van der Waals surface area contributed by atoms with Crippen LogP contribution in [0, 0.1) is 0 Å². The second kappa shape index (κ2) is 4.66. The third-order valence-corrected chi connectivity index (χ3v) is 3.95. The zero-order valence-electron chi connectivity index (χ0n) is 9.17. The molecule has 0 fully saturated rings. The van der Waals surface area contributed by atoms with Gasteiger partial charge in [-0.3, -0.25) is 0 Å². The number of aromatic nitrogens is 1. The normalized spacial score (nSPS) is 11.8. The molecular weight excluding hydrogens is 314 g/mol. The maximum absolute atomic E-state index is 12.4. The third-order valence-electron chi connectivity index (χ3n) is 2.29. The van der Waals surface area contributed by atoms with E-state index in [4.69, 9.17) is 0 Å². The number of rotatable bonds is 2. The van der Waals surface area contributed by atoms with Crippen molar-refractivity contribution in [2.24, 2.45) is 0 Å². The van der Waals surface area contributed by atoms with Crippen LogP contribution in [0.3, 0.4) is 0 Å². The molecule has 0 saturated heterocycles. The number of H-pyrrole nitrogens is 1. The quantitative estimate of drug-likeness (QED) is 0.677. The van der Waals surface area contributed by atoms with Crippen molar-refractivity contribution in [1.82, 2.24) is 4.98 Å². The van der Waals surface area contributed by atoms with Crippen LogP contribution in [0.25, 0.3) is 10.9 Å². The van der Waals surface area contributed by atoms with Crippen molar-refractivity contribution in [3.63, 3.8) is 0 Å². The molecule has 0 spiro atoms. The first kappa shape index (κ1) is 13.0. The van der Waals surface area contributed by atoms with E-state index in [0.717, 1.165) is 0 Å². The zero-order valence-corrected chi connectivity index (χ0v) is 10.9. The number of halogens is 3. The van der Waals surface area contributed by atoms with E-state index in [-0.39, 0.29) is 10.0 Å². The Kier molecular flexibility index (Phi) is 3.36. The topological polar surface area (TPSA) is 42.1 Å². The summed E-state index contributed by atoms with van der Waals surface area (Å²) >= 11 is -1.64. The van der Waals surface area contributed by atoms with E-state index in [1.165, 1.54) is 25.4 Å². The summed E-state index contributed by atoms with van der Waals surface area (Å²) in [6.07, 6.45) is 1.33. The number of carbonyl (C=O) groups is 1. The first-order valence-electron chi connectivity index (χ1n) is 4.86. The molecule has 0 aliphatic heterocycles. The molecule has 7 heteroatoms. The van der Waals surface area contributed by atoms with Crippen molar-refractivity contribution < 1.29 is 22.7 Å². The third kappa shape index (κ3) is 2.68. The van der Waals surface area contributed by atoms with Crippen LogP contribution in [0.4, 0.5) is 13.2 Å². The number of aromatic amines is 1. The van der Waals surface area contributed by atoms with Gasteiger partial charge < -0.3 is 0 Å². The van der Waals surface area contributed by atoms with Gasteiger partial charge in [0.15, 0.2) is 0 Å². The average Bonchev–Trinajstić information content (AvgIpc) is 2.68. The van der Waals surface area contributed by atoms with E-state index >= 15 is 0 Å². The molecule has 2 rings (SSSR count). The van der Waals surface area contributed by atoms with E-state index in [9.17, 15) is 18.0 Å². The second-order valence-electron chi connectivity index (χ2n) is 3.45. The molecule has 18 heavy (non-hydrogen) atoms. The van der Waals surface area contributed by atoms with Gasteiger partial charge in [0.25, 0.3) is 0 Å². The standard InChI is InChI=1S/C11H8F3NO2Se/c1-17-10(16)6-2-3-8-7(4-6)9(5-15-8)18-11(12,13)14/h2-5,15H,1H3. The maximum atomic E-state index is 12.4. The van der Waals surface area contributed by atoms with E-state index in [0.29, 0.717) is 10.9 Å². The Morgan fingerprint density at radius 1 is 1.39 bits per heavy atom. The van der Waals surface area contributed by atoms with Crippen molar-refractivity contribution in [3.05, 3.63) is 30.0 Å². The zero-order chi connectivity index (χ0) is 13.3. The molecule has 0 aliphatic rings. The van der Waals surface area contributed by atoms with Crippen LogP contribution < -0.4 is 4.46 Å². The van der Waals surface area contributed by atoms with E-state index < -0.39 is 26.0 Å². The van der Waals surface area contributed by atoms with Crippen LogP contribution in [-0.2, 0) is 4.74 Å². The van der Waals surface area contributed by atoms with Crippen molar-refractivity contribution in [2.45, 2.75) is 5.07 Å². The van der Waals surface area contributed by atoms with Crippen LogP contribution in [0.15, 0.2) is 24.4 Å². The Balaban J connectivity index is 2.46. The Morgan fingerprint density at radius 3 is 2.72 bits per heavy atom. The molecule has 96 valence electrons. The predicted octanol–water partition coefficient (Wildman–Crippen LogP) is 1.80. The summed E-state index contributed by atoms with van der Waals surface area (Å²) in [4.78, 5) is 14.1. The van der Waals surface area contributed by atoms with Gasteiger partial charge in [-0.1, -0.05) is 0 Å². The van der Waals surface area contributed by atoms with E-state index in [1.807, 2.05) is 0 Å². The first-order chi connectivity index (χ1) is 8.40. The molecule has 1 heterocycles. The van der Waals surface area contributed by atoms with Crippen LogP contribution in [0.2, 0.25) is 0 Å². The van der Waals surface area contributed by atoms with E-state index in [1.54, 1.807) is 6.07 Å². The molecule has 1 aromatic heterocycles. The van der Waals surface area contributed by atoms with Gasteiger partial charge in [-0.05, 0) is 0 Å². The number of methoxy groups -OCH3 is 1. The summed E-state index contributed by atoms with van der Waals surface area (Å²) in [6, 6.07) is 4.49. The summed E-state index contributed by atoms with van der Waals surface area (Å²) in [6.45, 7) is 0. The Morgan fingerprint density at radius 2 is 2.11 bits per heavy atom. The fraction of sp³-hybridized carbons (Fsp3) is 0.182. The average molecular weight is 322 g/mol. The molecule has 1 aromatic carbocycles. The van der Waals surface area contributed by atoms with Crippen molar-refractivity contribution in [3.8, 4) is 0 Å². The van der Waals surface area contributed by atoms with E-state index in [2.05, 4.69) is 9.72 Å². The van der Waals surface area contributed by atoms with Crippen molar-refractivity contribution in [1.29, 1.82) is 0 Å². The summed E-state index contributed by atoms with van der Waals surface area (Å²) in [7, 11) is 1.23. The van der Waals surface area contributed by atoms with Crippen molar-refractivity contribution in [2.75, 3.05) is 7.11 Å². The van der Waals surface area contributed by atoms with Gasteiger partial charge in [-0.25, -0.2) is 0 Å². The number of hydrogen-bond donors (Lipinski definition) is 1. The number of alkyl halides is 3. The fourth-order valence-electron chi connectivity index (χ4n) is 1.55. The summed E-state index contributed by atoms with van der Waals surface area (Å²) < 4.78 is 41.9. The fourth-order valence-corrected chi connectivity index (χ4v) is 2.90. The predicted molar refractivity (Wildman–Crippen MR) is 61.1 cm³/mol. The number of hydrogen-bond acceptors (Lipinski definition) is 2. The van der Waals surface area contributed by atoms with Gasteiger partial charge in [0.05, 0.1) is 0 Å². The Labute approximate surface area is 106 Å². The Hall–Kier alpha value is -1.46. The molecule has 0 saturated carbocycles. The molecule has 0 unspecified atom stereocenters. The molecule has 0 atom stereocenters. The van der Waals surface area contributed by atoms with Gasteiger partial charge >= 0.3 is 106 Å². The number of nitrogens with one attached hydrogen (secondary N) is 1. The molecule has 0 aliphatic carbocycles. The van der Waals surface area contributed by atoms with Gasteiger partial charge in [0.1, 0.15) is 0 Å². The number of esters is 1. The molecule has 0 bridgehead atoms. The van der Waals surface area contributed by atoms with Crippen molar-refractivity contribution >= 4 is 36.3 Å². The van der Waals surface area contributed by atoms with Gasteiger partial charge in [0, 0.05) is 0 Å². The minimum absolute atomic E-state index is 0.177. The number of ether oxygens (including phenoxy) is 1. The summed E-state index contributed by atoms with van der Waals surface area (Å²) in [5.74, 6) is -0.566. The molecular formula is C11H8F3NO2Se. The van der Waals surface area contributed by atoms with Crippen LogP contribution in [-0.4, -0.2) is 38.1 Å². The number of benzene rings is 1. The minimum atomic E-state index is -4.22. The first-order valence-corrected chi connectivity index (χ1v) is 6.57. The molecule has 0 radical (unpaired) electrons. The summed E-state index contributed by atoms with van der Waals surface area (Å²) in [5.41, 5.74) is 0.813. The van der Waals surface area contributed by atoms with Crippen LogP contribution in [0.5, 0.6) is 0 Å². The number of carbonyl (C=O) groups excluding carboxylic acids is 1. The Bertz CT molecular complexity index is 591. The van der Waals surface area contributed by atoms with Crippen LogP contribution >= 0.6 is 0 Å². The molecule has 2 aromatic rings. The SMILES string of the molecule is COC(=O)c1ccc2[nH]cc([Se]C(F)(F)F)c2c1. The van der Waals surface area contributed by atoms with Gasteiger partial charge in [0.2, 0.25) is 0 Å². The summed E-state index contributed by atoms with van der Waals surface area (Å²) in [5, 5.41) is -3.81. The molecule has 3 nitrogen and oxygen atoms in total. The number of fused-ring (bicyclic) bond motifs is 1. The molecule has 0 amide bonds. The van der Waals surface area contributed by atoms with Crippen LogP contribution in [0.1, 0.15) is 10.4 Å². The monoisotopic (exact) mass is 323 g/mol. The van der Waals surface area contributed by atoms with Gasteiger partial charge in [-0.15, -0.1) is 0 Å². The molecule has 1 N–H and O–H groups in total.